The molecule has 1 saturated heterocycles. The van der Waals surface area contributed by atoms with Crippen LogP contribution in [0.1, 0.15) is 24.5 Å². The van der Waals surface area contributed by atoms with Crippen molar-refractivity contribution in [2.75, 3.05) is 19.6 Å². The highest BCUT2D eigenvalue weighted by Crippen LogP contribution is 2.15. The molecule has 0 unspecified atom stereocenters. The normalized spacial score (nSPS) is 19.7. The number of β-amino-alcohol motifs (C(OH)–C–C–N with tert-alkyl or cyclic N) is 1. The lowest BCUT2D eigenvalue weighted by molar-refractivity contribution is -0.121. The first-order valence-corrected chi connectivity index (χ1v) is 5.73. The number of benzene rings is 1. The second-order valence-corrected chi connectivity index (χ2v) is 4.27. The Balaban J connectivity index is 1.88. The van der Waals surface area contributed by atoms with Gasteiger partial charge in [0.05, 0.1) is 6.10 Å². The molecule has 1 N–H and O–H groups in total. The van der Waals surface area contributed by atoms with Crippen molar-refractivity contribution in [1.29, 1.82) is 0 Å². The molecule has 0 saturated carbocycles. The number of aliphatic hydroxyl groups excluding tert-OH is 1. The third-order valence-corrected chi connectivity index (χ3v) is 3.03. The molecule has 1 aliphatic rings. The second kappa shape index (κ2) is 5.23. The van der Waals surface area contributed by atoms with Gasteiger partial charge in [-0.2, -0.15) is 0 Å². The molecule has 1 fully saturated rings. The summed E-state index contributed by atoms with van der Waals surface area (Å²) in [5, 5.41) is 10.0. The van der Waals surface area contributed by atoms with Gasteiger partial charge in [-0.3, -0.25) is 9.69 Å². The smallest absolute Gasteiger partial charge is 0.135 e. The Kier molecular flexibility index (Phi) is 3.70. The standard InChI is InChI=1S/C13H17NO2/c15-12-6-8-14(9-7-12)10-13(16)11-4-2-1-3-5-11/h1-5,13,16H,6-10H2/t13-/m0/s1. The summed E-state index contributed by atoms with van der Waals surface area (Å²) < 4.78 is 0. The highest BCUT2D eigenvalue weighted by molar-refractivity contribution is 5.79. The number of nitrogens with zero attached hydrogens (tertiary/aromatic N) is 1. The molecule has 1 aliphatic heterocycles. The van der Waals surface area contributed by atoms with Crippen LogP contribution < -0.4 is 0 Å². The minimum atomic E-state index is -0.450. The fraction of sp³-hybridized carbons (Fsp3) is 0.462. The van der Waals surface area contributed by atoms with Crippen molar-refractivity contribution in [1.82, 2.24) is 4.90 Å². The summed E-state index contributed by atoms with van der Waals surface area (Å²) in [5.74, 6) is 0.338. The minimum Gasteiger partial charge on any atom is -0.387 e. The Hall–Kier alpha value is -1.19. The monoisotopic (exact) mass is 219 g/mol. The topological polar surface area (TPSA) is 40.5 Å². The van der Waals surface area contributed by atoms with Crippen LogP contribution in [0.5, 0.6) is 0 Å². The Morgan fingerprint density at radius 1 is 1.19 bits per heavy atom. The molecule has 3 heteroatoms. The Labute approximate surface area is 95.7 Å². The van der Waals surface area contributed by atoms with E-state index in [1.807, 2.05) is 30.3 Å². The fourth-order valence-corrected chi connectivity index (χ4v) is 2.01. The van der Waals surface area contributed by atoms with E-state index in [9.17, 15) is 9.90 Å². The average Bonchev–Trinajstić information content (AvgIpc) is 2.33. The van der Waals surface area contributed by atoms with Crippen molar-refractivity contribution in [3.63, 3.8) is 0 Å². The van der Waals surface area contributed by atoms with Gasteiger partial charge in [0.15, 0.2) is 0 Å². The van der Waals surface area contributed by atoms with Crippen molar-refractivity contribution in [3.05, 3.63) is 35.9 Å². The predicted octanol–water partition coefficient (Wildman–Crippen LogP) is 1.38. The van der Waals surface area contributed by atoms with Crippen LogP contribution in [0, 0.1) is 0 Å². The van der Waals surface area contributed by atoms with Gasteiger partial charge in [-0.05, 0) is 5.56 Å². The van der Waals surface area contributed by atoms with Gasteiger partial charge in [-0.15, -0.1) is 0 Å². The van der Waals surface area contributed by atoms with Crippen molar-refractivity contribution < 1.29 is 9.90 Å². The van der Waals surface area contributed by atoms with E-state index in [4.69, 9.17) is 0 Å². The van der Waals surface area contributed by atoms with E-state index in [1.165, 1.54) is 0 Å². The first-order chi connectivity index (χ1) is 7.75. The van der Waals surface area contributed by atoms with Crippen LogP contribution in [0.25, 0.3) is 0 Å². The van der Waals surface area contributed by atoms with Crippen molar-refractivity contribution in [2.45, 2.75) is 18.9 Å². The van der Waals surface area contributed by atoms with Crippen LogP contribution in [-0.4, -0.2) is 35.4 Å². The molecular weight excluding hydrogens is 202 g/mol. The number of hydrogen-bond donors (Lipinski definition) is 1. The Morgan fingerprint density at radius 3 is 2.44 bits per heavy atom. The fourth-order valence-electron chi connectivity index (χ4n) is 2.01. The van der Waals surface area contributed by atoms with Crippen LogP contribution in [0.2, 0.25) is 0 Å². The van der Waals surface area contributed by atoms with E-state index in [0.29, 0.717) is 25.2 Å². The number of likely N-dealkylation sites (tertiary alicyclic amines) is 1. The Morgan fingerprint density at radius 2 is 1.81 bits per heavy atom. The third-order valence-electron chi connectivity index (χ3n) is 3.03. The van der Waals surface area contributed by atoms with Crippen LogP contribution in [0.3, 0.4) is 0 Å². The third kappa shape index (κ3) is 2.90. The quantitative estimate of drug-likeness (QED) is 0.835. The molecule has 1 aromatic carbocycles. The lowest BCUT2D eigenvalue weighted by Gasteiger charge is -2.27. The maximum absolute atomic E-state index is 11.1. The zero-order valence-electron chi connectivity index (χ0n) is 9.30. The van der Waals surface area contributed by atoms with Gasteiger partial charge < -0.3 is 5.11 Å². The molecule has 0 amide bonds. The molecule has 0 aromatic heterocycles. The summed E-state index contributed by atoms with van der Waals surface area (Å²) in [6.45, 7) is 2.18. The lowest BCUT2D eigenvalue weighted by atomic mass is 10.1. The molecule has 0 spiro atoms. The maximum Gasteiger partial charge on any atom is 0.135 e. The number of ketones is 1. The highest BCUT2D eigenvalue weighted by Gasteiger charge is 2.19. The predicted molar refractivity (Wildman–Crippen MR) is 62.1 cm³/mol. The van der Waals surface area contributed by atoms with Crippen LogP contribution in [0.15, 0.2) is 30.3 Å². The minimum absolute atomic E-state index is 0.338. The number of Topliss-reactive ketones (excluding diaryl/α,β-unsaturated/α-hetero) is 1. The van der Waals surface area contributed by atoms with E-state index in [2.05, 4.69) is 4.90 Å². The zero-order chi connectivity index (χ0) is 11.4. The first kappa shape index (κ1) is 11.3. The molecule has 86 valence electrons. The Bertz CT molecular complexity index is 340. The number of hydrogen-bond acceptors (Lipinski definition) is 3. The number of carbonyl (C=O) groups is 1. The van der Waals surface area contributed by atoms with Crippen LogP contribution in [-0.2, 0) is 4.79 Å². The van der Waals surface area contributed by atoms with E-state index in [0.717, 1.165) is 18.7 Å². The SMILES string of the molecule is O=C1CCN(C[C@H](O)c2ccccc2)CC1. The summed E-state index contributed by atoms with van der Waals surface area (Å²) in [6.07, 6.45) is 0.803. The molecule has 1 heterocycles. The van der Waals surface area contributed by atoms with Crippen molar-refractivity contribution in [3.8, 4) is 0 Å². The second-order valence-electron chi connectivity index (χ2n) is 4.27. The van der Waals surface area contributed by atoms with Gasteiger partial charge >= 0.3 is 0 Å². The molecule has 3 nitrogen and oxygen atoms in total. The van der Waals surface area contributed by atoms with E-state index in [1.54, 1.807) is 0 Å². The van der Waals surface area contributed by atoms with Crippen LogP contribution >= 0.6 is 0 Å². The van der Waals surface area contributed by atoms with Gasteiger partial charge in [0.2, 0.25) is 0 Å². The summed E-state index contributed by atoms with van der Waals surface area (Å²) >= 11 is 0. The lowest BCUT2D eigenvalue weighted by Crippen LogP contribution is -2.36. The van der Waals surface area contributed by atoms with E-state index >= 15 is 0 Å². The average molecular weight is 219 g/mol. The number of carbonyl (C=O) groups excluding carboxylic acids is 1. The number of piperidine rings is 1. The number of rotatable bonds is 3. The molecule has 0 aliphatic carbocycles. The molecule has 0 bridgehead atoms. The van der Waals surface area contributed by atoms with Gasteiger partial charge in [0.1, 0.15) is 5.78 Å². The molecule has 1 aromatic rings. The zero-order valence-corrected chi connectivity index (χ0v) is 9.30. The van der Waals surface area contributed by atoms with Gasteiger partial charge in [0.25, 0.3) is 0 Å². The first-order valence-electron chi connectivity index (χ1n) is 5.73. The largest absolute Gasteiger partial charge is 0.387 e. The summed E-state index contributed by atoms with van der Waals surface area (Å²) in [5.41, 5.74) is 0.944. The van der Waals surface area contributed by atoms with Crippen LogP contribution in [0.4, 0.5) is 0 Å². The molecule has 0 radical (unpaired) electrons. The molecule has 1 atom stereocenters. The maximum atomic E-state index is 11.1. The summed E-state index contributed by atoms with van der Waals surface area (Å²) in [6, 6.07) is 9.66. The van der Waals surface area contributed by atoms with Gasteiger partial charge in [-0.25, -0.2) is 0 Å². The van der Waals surface area contributed by atoms with Crippen molar-refractivity contribution in [2.24, 2.45) is 0 Å². The molecular formula is C13H17NO2. The summed E-state index contributed by atoms with van der Waals surface area (Å²) in [4.78, 5) is 13.2. The molecule has 2 rings (SSSR count). The van der Waals surface area contributed by atoms with Gasteiger partial charge in [-0.1, -0.05) is 30.3 Å². The van der Waals surface area contributed by atoms with E-state index < -0.39 is 6.10 Å². The van der Waals surface area contributed by atoms with Crippen molar-refractivity contribution >= 4 is 5.78 Å². The van der Waals surface area contributed by atoms with E-state index in [-0.39, 0.29) is 0 Å². The molecule has 16 heavy (non-hydrogen) atoms. The summed E-state index contributed by atoms with van der Waals surface area (Å²) in [7, 11) is 0. The van der Waals surface area contributed by atoms with Gasteiger partial charge in [0, 0.05) is 32.5 Å². The highest BCUT2D eigenvalue weighted by atomic mass is 16.3. The number of aliphatic hydroxyl groups is 1.